The Hall–Kier alpha value is -1.42. The number of amides is 1. The van der Waals surface area contributed by atoms with Crippen molar-refractivity contribution in [1.82, 2.24) is 10.6 Å². The lowest BCUT2D eigenvalue weighted by atomic mass is 9.83. The normalized spacial score (nSPS) is 23.4. The zero-order valence-electron chi connectivity index (χ0n) is 12.4. The number of halogens is 1. The molecule has 1 amide bonds. The van der Waals surface area contributed by atoms with Crippen LogP contribution in [0.15, 0.2) is 24.3 Å². The molecule has 4 heteroatoms. The summed E-state index contributed by atoms with van der Waals surface area (Å²) in [4.78, 5) is 12.5. The summed E-state index contributed by atoms with van der Waals surface area (Å²) in [6, 6.07) is 6.31. The summed E-state index contributed by atoms with van der Waals surface area (Å²) in [6.07, 6.45) is 1.07. The molecule has 1 aromatic rings. The zero-order valence-corrected chi connectivity index (χ0v) is 12.4. The van der Waals surface area contributed by atoms with Crippen LogP contribution in [0.5, 0.6) is 0 Å². The molecule has 0 aromatic heterocycles. The first-order valence-electron chi connectivity index (χ1n) is 7.19. The maximum absolute atomic E-state index is 13.0. The number of nitrogens with one attached hydrogen (secondary N) is 2. The minimum atomic E-state index is -0.662. The molecule has 0 spiro atoms. The van der Waals surface area contributed by atoms with Crippen LogP contribution in [0.4, 0.5) is 4.39 Å². The maximum Gasteiger partial charge on any atom is 0.230 e. The van der Waals surface area contributed by atoms with E-state index in [4.69, 9.17) is 0 Å². The highest BCUT2D eigenvalue weighted by atomic mass is 19.1. The third-order valence-corrected chi connectivity index (χ3v) is 4.28. The van der Waals surface area contributed by atoms with E-state index in [2.05, 4.69) is 17.6 Å². The van der Waals surface area contributed by atoms with Crippen LogP contribution >= 0.6 is 0 Å². The molecule has 2 unspecified atom stereocenters. The lowest BCUT2D eigenvalue weighted by Gasteiger charge is -2.33. The van der Waals surface area contributed by atoms with Crippen molar-refractivity contribution < 1.29 is 9.18 Å². The Labute approximate surface area is 120 Å². The van der Waals surface area contributed by atoms with Gasteiger partial charge in [0.25, 0.3) is 0 Å². The van der Waals surface area contributed by atoms with Gasteiger partial charge >= 0.3 is 0 Å². The van der Waals surface area contributed by atoms with E-state index in [-0.39, 0.29) is 17.8 Å². The van der Waals surface area contributed by atoms with Gasteiger partial charge < -0.3 is 10.6 Å². The van der Waals surface area contributed by atoms with Gasteiger partial charge in [0.15, 0.2) is 0 Å². The van der Waals surface area contributed by atoms with E-state index in [0.29, 0.717) is 5.92 Å². The Morgan fingerprint density at radius 3 is 2.60 bits per heavy atom. The lowest BCUT2D eigenvalue weighted by molar-refractivity contribution is -0.126. The Balaban J connectivity index is 2.08. The number of piperidine rings is 1. The summed E-state index contributed by atoms with van der Waals surface area (Å²) in [5, 5.41) is 6.43. The van der Waals surface area contributed by atoms with E-state index in [1.165, 1.54) is 12.1 Å². The smallest absolute Gasteiger partial charge is 0.230 e. The SMILES string of the molecule is CC1CCNCC1NC(=O)C(C)(C)c1ccc(F)cc1. The molecule has 3 nitrogen and oxygen atoms in total. The molecule has 0 bridgehead atoms. The predicted molar refractivity (Wildman–Crippen MR) is 78.0 cm³/mol. The van der Waals surface area contributed by atoms with E-state index >= 15 is 0 Å². The van der Waals surface area contributed by atoms with Gasteiger partial charge in [0, 0.05) is 12.6 Å². The molecule has 2 atom stereocenters. The quantitative estimate of drug-likeness (QED) is 0.890. The number of hydrogen-bond acceptors (Lipinski definition) is 2. The third kappa shape index (κ3) is 3.18. The molecule has 1 saturated heterocycles. The van der Waals surface area contributed by atoms with Gasteiger partial charge in [-0.3, -0.25) is 4.79 Å². The van der Waals surface area contributed by atoms with Crippen molar-refractivity contribution >= 4 is 5.91 Å². The molecule has 0 aliphatic carbocycles. The first-order chi connectivity index (χ1) is 9.41. The second kappa shape index (κ2) is 5.92. The molecule has 1 aromatic carbocycles. The average molecular weight is 278 g/mol. The van der Waals surface area contributed by atoms with E-state index in [1.54, 1.807) is 12.1 Å². The molecule has 2 rings (SSSR count). The topological polar surface area (TPSA) is 41.1 Å². The van der Waals surface area contributed by atoms with Gasteiger partial charge in [-0.25, -0.2) is 4.39 Å². The van der Waals surface area contributed by atoms with E-state index in [0.717, 1.165) is 25.1 Å². The van der Waals surface area contributed by atoms with Crippen LogP contribution in [0.3, 0.4) is 0 Å². The minimum absolute atomic E-state index is 0.00958. The molecule has 2 N–H and O–H groups in total. The Kier molecular flexibility index (Phi) is 4.43. The number of benzene rings is 1. The second-order valence-electron chi connectivity index (χ2n) is 6.18. The van der Waals surface area contributed by atoms with Gasteiger partial charge in [-0.05, 0) is 50.4 Å². The molecule has 110 valence electrons. The standard InChI is InChI=1S/C16H23FN2O/c1-11-8-9-18-10-14(11)19-15(20)16(2,3)12-4-6-13(17)7-5-12/h4-7,11,14,18H,8-10H2,1-3H3,(H,19,20). The fourth-order valence-electron chi connectivity index (χ4n) is 2.53. The first-order valence-corrected chi connectivity index (χ1v) is 7.19. The monoisotopic (exact) mass is 278 g/mol. The van der Waals surface area contributed by atoms with E-state index < -0.39 is 5.41 Å². The van der Waals surface area contributed by atoms with Crippen LogP contribution in [0.2, 0.25) is 0 Å². The second-order valence-corrected chi connectivity index (χ2v) is 6.18. The fourth-order valence-corrected chi connectivity index (χ4v) is 2.53. The molecule has 1 aliphatic heterocycles. The van der Waals surface area contributed by atoms with Crippen LogP contribution in [0.25, 0.3) is 0 Å². The van der Waals surface area contributed by atoms with E-state index in [1.807, 2.05) is 13.8 Å². The summed E-state index contributed by atoms with van der Waals surface area (Å²) in [5.74, 6) is 0.184. The molecule has 1 aliphatic rings. The van der Waals surface area contributed by atoms with Gasteiger partial charge in [0.05, 0.1) is 5.41 Å². The van der Waals surface area contributed by atoms with Gasteiger partial charge in [0.2, 0.25) is 5.91 Å². The number of carbonyl (C=O) groups is 1. The van der Waals surface area contributed by atoms with Gasteiger partial charge in [0.1, 0.15) is 5.82 Å². The highest BCUT2D eigenvalue weighted by Gasteiger charge is 2.33. The highest BCUT2D eigenvalue weighted by molar-refractivity contribution is 5.87. The number of hydrogen-bond donors (Lipinski definition) is 2. The van der Waals surface area contributed by atoms with Crippen molar-refractivity contribution in [3.63, 3.8) is 0 Å². The molecule has 0 saturated carbocycles. The summed E-state index contributed by atoms with van der Waals surface area (Å²) >= 11 is 0. The Morgan fingerprint density at radius 1 is 1.35 bits per heavy atom. The van der Waals surface area contributed by atoms with Crippen molar-refractivity contribution in [3.8, 4) is 0 Å². The summed E-state index contributed by atoms with van der Waals surface area (Å²) in [5.41, 5.74) is 0.165. The van der Waals surface area contributed by atoms with Crippen LogP contribution < -0.4 is 10.6 Å². The van der Waals surface area contributed by atoms with E-state index in [9.17, 15) is 9.18 Å². The van der Waals surface area contributed by atoms with Crippen LogP contribution in [-0.4, -0.2) is 25.0 Å². The van der Waals surface area contributed by atoms with Crippen molar-refractivity contribution in [2.75, 3.05) is 13.1 Å². The van der Waals surface area contributed by atoms with Crippen molar-refractivity contribution in [2.45, 2.75) is 38.6 Å². The zero-order chi connectivity index (χ0) is 14.8. The summed E-state index contributed by atoms with van der Waals surface area (Å²) < 4.78 is 13.0. The molecule has 0 radical (unpaired) electrons. The molecule has 1 heterocycles. The highest BCUT2D eigenvalue weighted by Crippen LogP contribution is 2.24. The lowest BCUT2D eigenvalue weighted by Crippen LogP contribution is -2.54. The van der Waals surface area contributed by atoms with Gasteiger partial charge in [-0.15, -0.1) is 0 Å². The molecular formula is C16H23FN2O. The molecular weight excluding hydrogens is 255 g/mol. The van der Waals surface area contributed by atoms with Crippen LogP contribution in [0.1, 0.15) is 32.8 Å². The summed E-state index contributed by atoms with van der Waals surface area (Å²) in [7, 11) is 0. The Bertz CT molecular complexity index is 470. The van der Waals surface area contributed by atoms with Crippen LogP contribution in [0, 0.1) is 11.7 Å². The Morgan fingerprint density at radius 2 is 2.00 bits per heavy atom. The van der Waals surface area contributed by atoms with Gasteiger partial charge in [-0.2, -0.15) is 0 Å². The number of carbonyl (C=O) groups excluding carboxylic acids is 1. The third-order valence-electron chi connectivity index (χ3n) is 4.28. The largest absolute Gasteiger partial charge is 0.351 e. The summed E-state index contributed by atoms with van der Waals surface area (Å²) in [6.45, 7) is 7.73. The van der Waals surface area contributed by atoms with Crippen molar-refractivity contribution in [1.29, 1.82) is 0 Å². The average Bonchev–Trinajstić information content (AvgIpc) is 2.41. The number of rotatable bonds is 3. The molecule has 20 heavy (non-hydrogen) atoms. The van der Waals surface area contributed by atoms with Crippen molar-refractivity contribution in [3.05, 3.63) is 35.6 Å². The predicted octanol–water partition coefficient (Wildman–Crippen LogP) is 2.22. The van der Waals surface area contributed by atoms with Crippen LogP contribution in [-0.2, 0) is 10.2 Å². The first kappa shape index (κ1) is 15.0. The van der Waals surface area contributed by atoms with Crippen molar-refractivity contribution in [2.24, 2.45) is 5.92 Å². The minimum Gasteiger partial charge on any atom is -0.351 e. The fraction of sp³-hybridized carbons (Fsp3) is 0.562. The van der Waals surface area contributed by atoms with Gasteiger partial charge in [-0.1, -0.05) is 19.1 Å². The molecule has 1 fully saturated rings. The maximum atomic E-state index is 13.0.